The Morgan fingerprint density at radius 2 is 2.05 bits per heavy atom. The highest BCUT2D eigenvalue weighted by molar-refractivity contribution is 5.95. The number of pyridine rings is 1. The van der Waals surface area contributed by atoms with Crippen molar-refractivity contribution in [2.75, 3.05) is 0 Å². The largest absolute Gasteiger partial charge is 0.475 e. The molecular formula is C16H14N2O3. The highest BCUT2D eigenvalue weighted by atomic mass is 16.4. The molecule has 3 aromatic rings. The van der Waals surface area contributed by atoms with Crippen molar-refractivity contribution in [3.05, 3.63) is 65.7 Å². The smallest absolute Gasteiger partial charge is 0.372 e. The number of furan rings is 1. The van der Waals surface area contributed by atoms with Crippen LogP contribution in [0.3, 0.4) is 0 Å². The van der Waals surface area contributed by atoms with E-state index in [2.05, 4.69) is 10.3 Å². The summed E-state index contributed by atoms with van der Waals surface area (Å²) in [6, 6.07) is 11.2. The van der Waals surface area contributed by atoms with Crippen molar-refractivity contribution < 1.29 is 14.3 Å². The lowest BCUT2D eigenvalue weighted by atomic mass is 10.1. The molecule has 0 atom stereocenters. The topological polar surface area (TPSA) is 75.4 Å². The summed E-state index contributed by atoms with van der Waals surface area (Å²) >= 11 is 0. The van der Waals surface area contributed by atoms with Gasteiger partial charge in [0.25, 0.3) is 0 Å². The van der Waals surface area contributed by atoms with Gasteiger partial charge in [-0.3, -0.25) is 4.98 Å². The first-order valence-corrected chi connectivity index (χ1v) is 6.59. The fourth-order valence-corrected chi connectivity index (χ4v) is 2.28. The third-order valence-electron chi connectivity index (χ3n) is 3.25. The van der Waals surface area contributed by atoms with Gasteiger partial charge >= 0.3 is 5.97 Å². The van der Waals surface area contributed by atoms with E-state index in [1.54, 1.807) is 18.5 Å². The van der Waals surface area contributed by atoms with E-state index in [4.69, 9.17) is 4.42 Å². The lowest BCUT2D eigenvalue weighted by molar-refractivity contribution is 0.0663. The van der Waals surface area contributed by atoms with Gasteiger partial charge in [-0.1, -0.05) is 24.3 Å². The van der Waals surface area contributed by atoms with E-state index >= 15 is 0 Å². The molecule has 0 unspecified atom stereocenters. The summed E-state index contributed by atoms with van der Waals surface area (Å²) in [5, 5.41) is 13.3. The molecule has 0 spiro atoms. The van der Waals surface area contributed by atoms with Gasteiger partial charge in [0.1, 0.15) is 5.58 Å². The minimum Gasteiger partial charge on any atom is -0.475 e. The number of carbonyl (C=O) groups is 1. The predicted molar refractivity (Wildman–Crippen MR) is 78.0 cm³/mol. The zero-order chi connectivity index (χ0) is 14.7. The number of rotatable bonds is 5. The van der Waals surface area contributed by atoms with Gasteiger partial charge in [0.05, 0.1) is 0 Å². The molecule has 0 aliphatic heterocycles. The Hall–Kier alpha value is -2.66. The summed E-state index contributed by atoms with van der Waals surface area (Å²) in [6.07, 6.45) is 3.49. The number of nitrogens with zero attached hydrogens (tertiary/aromatic N) is 1. The molecule has 2 aromatic heterocycles. The number of hydrogen-bond acceptors (Lipinski definition) is 4. The maximum Gasteiger partial charge on any atom is 0.372 e. The standard InChI is InChI=1S/C16H14N2O3/c19-16(20)15-13(12-5-1-2-6-14(12)21-15)10-18-9-11-4-3-7-17-8-11/h1-8,18H,9-10H2,(H,19,20). The van der Waals surface area contributed by atoms with Crippen LogP contribution in [0.5, 0.6) is 0 Å². The molecule has 0 saturated carbocycles. The molecule has 0 aliphatic rings. The van der Waals surface area contributed by atoms with Crippen LogP contribution >= 0.6 is 0 Å². The molecule has 3 rings (SSSR count). The molecule has 5 nitrogen and oxygen atoms in total. The van der Waals surface area contributed by atoms with Crippen molar-refractivity contribution >= 4 is 16.9 Å². The molecule has 0 aliphatic carbocycles. The average molecular weight is 282 g/mol. The van der Waals surface area contributed by atoms with Crippen LogP contribution in [0, 0.1) is 0 Å². The first-order valence-electron chi connectivity index (χ1n) is 6.59. The van der Waals surface area contributed by atoms with Crippen LogP contribution in [0.1, 0.15) is 21.7 Å². The Bertz CT molecular complexity index is 766. The Morgan fingerprint density at radius 3 is 2.81 bits per heavy atom. The highest BCUT2D eigenvalue weighted by Gasteiger charge is 2.19. The molecule has 106 valence electrons. The van der Waals surface area contributed by atoms with Gasteiger partial charge < -0.3 is 14.8 Å². The van der Waals surface area contributed by atoms with Gasteiger partial charge in [0.15, 0.2) is 0 Å². The van der Waals surface area contributed by atoms with Gasteiger partial charge in [0.2, 0.25) is 5.76 Å². The molecule has 2 N–H and O–H groups in total. The van der Waals surface area contributed by atoms with E-state index in [-0.39, 0.29) is 5.76 Å². The minimum atomic E-state index is -1.05. The summed E-state index contributed by atoms with van der Waals surface area (Å²) in [5.74, 6) is -1.06. The number of fused-ring (bicyclic) bond motifs is 1. The van der Waals surface area contributed by atoms with E-state index in [0.717, 1.165) is 10.9 Å². The normalized spacial score (nSPS) is 10.9. The number of aromatic carboxylic acids is 1. The van der Waals surface area contributed by atoms with Crippen molar-refractivity contribution in [3.63, 3.8) is 0 Å². The highest BCUT2D eigenvalue weighted by Crippen LogP contribution is 2.25. The van der Waals surface area contributed by atoms with E-state index in [0.29, 0.717) is 24.2 Å². The summed E-state index contributed by atoms with van der Waals surface area (Å²) in [7, 11) is 0. The predicted octanol–water partition coefficient (Wildman–Crippen LogP) is 2.82. The first kappa shape index (κ1) is 13.3. The molecule has 0 saturated heterocycles. The zero-order valence-corrected chi connectivity index (χ0v) is 11.2. The van der Waals surface area contributed by atoms with E-state index in [1.165, 1.54) is 0 Å². The van der Waals surface area contributed by atoms with Gasteiger partial charge in [-0.05, 0) is 17.7 Å². The lowest BCUT2D eigenvalue weighted by Crippen LogP contribution is -2.14. The second kappa shape index (κ2) is 5.76. The average Bonchev–Trinajstić information content (AvgIpc) is 2.88. The van der Waals surface area contributed by atoms with Gasteiger partial charge in [-0.25, -0.2) is 4.79 Å². The Labute approximate surface area is 121 Å². The Morgan fingerprint density at radius 1 is 1.19 bits per heavy atom. The van der Waals surface area contributed by atoms with Gasteiger partial charge in [-0.15, -0.1) is 0 Å². The number of aromatic nitrogens is 1. The number of hydrogen-bond donors (Lipinski definition) is 2. The Balaban J connectivity index is 1.82. The van der Waals surface area contributed by atoms with E-state index in [9.17, 15) is 9.90 Å². The number of nitrogens with one attached hydrogen (secondary N) is 1. The third kappa shape index (κ3) is 2.78. The van der Waals surface area contributed by atoms with Crippen LogP contribution in [0.25, 0.3) is 11.0 Å². The lowest BCUT2D eigenvalue weighted by Gasteiger charge is -2.04. The van der Waals surface area contributed by atoms with Crippen LogP contribution in [-0.2, 0) is 13.1 Å². The van der Waals surface area contributed by atoms with Crippen molar-refractivity contribution in [1.82, 2.24) is 10.3 Å². The van der Waals surface area contributed by atoms with Gasteiger partial charge in [0, 0.05) is 36.4 Å². The summed E-state index contributed by atoms with van der Waals surface area (Å²) in [4.78, 5) is 15.3. The SMILES string of the molecule is O=C(O)c1oc2ccccc2c1CNCc1cccnc1. The fraction of sp³-hybridized carbons (Fsp3) is 0.125. The molecule has 21 heavy (non-hydrogen) atoms. The van der Waals surface area contributed by atoms with Crippen molar-refractivity contribution in [1.29, 1.82) is 0 Å². The molecule has 2 heterocycles. The molecule has 1 aromatic carbocycles. The summed E-state index contributed by atoms with van der Waals surface area (Å²) in [6.45, 7) is 1.04. The van der Waals surface area contributed by atoms with Crippen LogP contribution in [-0.4, -0.2) is 16.1 Å². The monoisotopic (exact) mass is 282 g/mol. The van der Waals surface area contributed by atoms with Crippen molar-refractivity contribution in [3.8, 4) is 0 Å². The number of carboxylic acid groups (broad SMARTS) is 1. The number of carboxylic acids is 1. The first-order chi connectivity index (χ1) is 10.3. The van der Waals surface area contributed by atoms with Crippen molar-refractivity contribution in [2.24, 2.45) is 0 Å². The molecule has 0 radical (unpaired) electrons. The number of benzene rings is 1. The molecular weight excluding hydrogens is 268 g/mol. The molecule has 5 heteroatoms. The third-order valence-corrected chi connectivity index (χ3v) is 3.25. The quantitative estimate of drug-likeness (QED) is 0.752. The molecule has 0 fully saturated rings. The van der Waals surface area contributed by atoms with Crippen LogP contribution in [0.4, 0.5) is 0 Å². The van der Waals surface area contributed by atoms with E-state index in [1.807, 2.05) is 30.3 Å². The number of para-hydroxylation sites is 1. The van der Waals surface area contributed by atoms with Crippen molar-refractivity contribution in [2.45, 2.75) is 13.1 Å². The maximum atomic E-state index is 11.3. The molecule has 0 bridgehead atoms. The Kier molecular flexibility index (Phi) is 3.66. The second-order valence-electron chi connectivity index (χ2n) is 4.68. The van der Waals surface area contributed by atoms with Gasteiger partial charge in [-0.2, -0.15) is 0 Å². The fourth-order valence-electron chi connectivity index (χ4n) is 2.28. The maximum absolute atomic E-state index is 11.3. The summed E-state index contributed by atoms with van der Waals surface area (Å²) < 4.78 is 5.41. The zero-order valence-electron chi connectivity index (χ0n) is 11.2. The van der Waals surface area contributed by atoms with Crippen LogP contribution < -0.4 is 5.32 Å². The van der Waals surface area contributed by atoms with Crippen LogP contribution in [0.2, 0.25) is 0 Å². The molecule has 0 amide bonds. The second-order valence-corrected chi connectivity index (χ2v) is 4.68. The van der Waals surface area contributed by atoms with Crippen LogP contribution in [0.15, 0.2) is 53.2 Å². The van der Waals surface area contributed by atoms with E-state index < -0.39 is 5.97 Å². The summed E-state index contributed by atoms with van der Waals surface area (Å²) in [5.41, 5.74) is 2.30. The minimum absolute atomic E-state index is 0.00473.